The Morgan fingerprint density at radius 1 is 1.50 bits per heavy atom. The van der Waals surface area contributed by atoms with Crippen LogP contribution in [0.15, 0.2) is 23.7 Å². The first kappa shape index (κ1) is 12.9. The highest BCUT2D eigenvalue weighted by Gasteiger charge is 2.14. The Morgan fingerprint density at radius 3 is 2.89 bits per heavy atom. The van der Waals surface area contributed by atoms with Crippen LogP contribution in [-0.2, 0) is 0 Å². The number of hydrogen-bond acceptors (Lipinski definition) is 4. The number of carbonyl (C=O) groups is 1. The quantitative estimate of drug-likeness (QED) is 0.939. The highest BCUT2D eigenvalue weighted by molar-refractivity contribution is 7.12. The van der Waals surface area contributed by atoms with Crippen LogP contribution in [0.3, 0.4) is 0 Å². The van der Waals surface area contributed by atoms with Crippen LogP contribution in [0.5, 0.6) is 5.75 Å². The third-order valence-electron chi connectivity index (χ3n) is 2.36. The van der Waals surface area contributed by atoms with Crippen molar-refractivity contribution in [3.05, 3.63) is 39.3 Å². The Bertz CT molecular complexity index is 583. The van der Waals surface area contributed by atoms with Gasteiger partial charge in [0.15, 0.2) is 0 Å². The number of nitrogens with zero attached hydrogens (tertiary/aromatic N) is 1. The van der Waals surface area contributed by atoms with Gasteiger partial charge in [-0.15, -0.1) is 11.3 Å². The predicted molar refractivity (Wildman–Crippen MR) is 72.8 cm³/mol. The third kappa shape index (κ3) is 2.63. The second kappa shape index (κ2) is 5.37. The number of anilines is 1. The van der Waals surface area contributed by atoms with Crippen LogP contribution < -0.4 is 10.1 Å². The van der Waals surface area contributed by atoms with Crippen LogP contribution in [0, 0.1) is 6.92 Å². The molecule has 4 nitrogen and oxygen atoms in total. The van der Waals surface area contributed by atoms with Crippen molar-refractivity contribution in [2.24, 2.45) is 0 Å². The molecule has 0 saturated carbocycles. The molecule has 0 bridgehead atoms. The smallest absolute Gasteiger partial charge is 0.267 e. The molecule has 0 unspecified atom stereocenters. The number of nitrogens with one attached hydrogen (secondary N) is 1. The highest BCUT2D eigenvalue weighted by atomic mass is 35.5. The van der Waals surface area contributed by atoms with Gasteiger partial charge in [-0.3, -0.25) is 4.79 Å². The van der Waals surface area contributed by atoms with Crippen LogP contribution >= 0.6 is 22.9 Å². The van der Waals surface area contributed by atoms with Gasteiger partial charge in [-0.25, -0.2) is 4.98 Å². The van der Waals surface area contributed by atoms with Crippen molar-refractivity contribution in [1.29, 1.82) is 0 Å². The molecule has 1 aromatic carbocycles. The Kier molecular flexibility index (Phi) is 3.84. The molecule has 0 radical (unpaired) electrons. The van der Waals surface area contributed by atoms with Crippen molar-refractivity contribution in [1.82, 2.24) is 4.98 Å². The van der Waals surface area contributed by atoms with Crippen molar-refractivity contribution in [2.75, 3.05) is 12.4 Å². The van der Waals surface area contributed by atoms with Gasteiger partial charge < -0.3 is 10.1 Å². The number of ether oxygens (including phenoxy) is 1. The molecular weight excluding hydrogens is 272 g/mol. The van der Waals surface area contributed by atoms with E-state index >= 15 is 0 Å². The lowest BCUT2D eigenvalue weighted by atomic mass is 10.2. The Morgan fingerprint density at radius 2 is 2.28 bits per heavy atom. The fraction of sp³-hybridized carbons (Fsp3) is 0.167. The fourth-order valence-corrected chi connectivity index (χ4v) is 2.35. The molecule has 6 heteroatoms. The summed E-state index contributed by atoms with van der Waals surface area (Å²) in [5.41, 5.74) is 2.89. The number of benzene rings is 1. The van der Waals surface area contributed by atoms with E-state index in [9.17, 15) is 4.79 Å². The van der Waals surface area contributed by atoms with E-state index in [0.717, 1.165) is 0 Å². The van der Waals surface area contributed by atoms with Gasteiger partial charge in [-0.2, -0.15) is 0 Å². The van der Waals surface area contributed by atoms with Crippen molar-refractivity contribution < 1.29 is 9.53 Å². The average Bonchev–Trinajstić information content (AvgIpc) is 2.76. The summed E-state index contributed by atoms with van der Waals surface area (Å²) in [7, 11) is 1.54. The lowest BCUT2D eigenvalue weighted by Gasteiger charge is -2.09. The van der Waals surface area contributed by atoms with Gasteiger partial charge in [0.05, 0.1) is 24.0 Å². The topological polar surface area (TPSA) is 51.2 Å². The monoisotopic (exact) mass is 282 g/mol. The summed E-state index contributed by atoms with van der Waals surface area (Å²) in [5, 5.41) is 3.30. The van der Waals surface area contributed by atoms with E-state index in [4.69, 9.17) is 16.3 Å². The zero-order valence-corrected chi connectivity index (χ0v) is 11.4. The van der Waals surface area contributed by atoms with Gasteiger partial charge in [0.1, 0.15) is 10.6 Å². The lowest BCUT2D eigenvalue weighted by Crippen LogP contribution is -2.12. The normalized spacial score (nSPS) is 10.2. The number of hydrogen-bond donors (Lipinski definition) is 1. The maximum atomic E-state index is 12.0. The Balaban J connectivity index is 2.27. The molecule has 94 valence electrons. The molecule has 0 saturated heterocycles. The van der Waals surface area contributed by atoms with E-state index in [1.54, 1.807) is 30.6 Å². The maximum Gasteiger partial charge on any atom is 0.267 e. The zero-order chi connectivity index (χ0) is 13.1. The summed E-state index contributed by atoms with van der Waals surface area (Å²) in [6, 6.07) is 5.06. The number of amides is 1. The van der Waals surface area contributed by atoms with Gasteiger partial charge >= 0.3 is 0 Å². The molecule has 2 rings (SSSR count). The first-order chi connectivity index (χ1) is 8.61. The minimum Gasteiger partial charge on any atom is -0.495 e. The standard InChI is InChI=1S/C12H11ClN2O2S/c1-7-11(18-6-14-7)12(16)15-9-5-8(13)3-4-10(9)17-2/h3-6H,1-2H3,(H,15,16). The van der Waals surface area contributed by atoms with E-state index in [1.165, 1.54) is 18.4 Å². The molecular formula is C12H11ClN2O2S. The highest BCUT2D eigenvalue weighted by Crippen LogP contribution is 2.28. The van der Waals surface area contributed by atoms with Crippen molar-refractivity contribution in [3.63, 3.8) is 0 Å². The molecule has 0 spiro atoms. The maximum absolute atomic E-state index is 12.0. The van der Waals surface area contributed by atoms with E-state index in [0.29, 0.717) is 27.0 Å². The van der Waals surface area contributed by atoms with E-state index in [1.807, 2.05) is 0 Å². The number of aromatic nitrogens is 1. The summed E-state index contributed by atoms with van der Waals surface area (Å²) in [6.45, 7) is 1.79. The van der Waals surface area contributed by atoms with Gasteiger partial charge in [-0.05, 0) is 25.1 Å². The van der Waals surface area contributed by atoms with Crippen molar-refractivity contribution in [2.45, 2.75) is 6.92 Å². The van der Waals surface area contributed by atoms with Crippen LogP contribution in [0.2, 0.25) is 5.02 Å². The minimum absolute atomic E-state index is 0.212. The Hall–Kier alpha value is -1.59. The molecule has 0 aliphatic heterocycles. The molecule has 2 aromatic rings. The molecule has 1 aromatic heterocycles. The molecule has 0 atom stereocenters. The molecule has 1 N–H and O–H groups in total. The number of carbonyl (C=O) groups excluding carboxylic acids is 1. The van der Waals surface area contributed by atoms with Crippen LogP contribution in [0.25, 0.3) is 0 Å². The molecule has 0 fully saturated rings. The number of rotatable bonds is 3. The number of halogens is 1. The zero-order valence-electron chi connectivity index (χ0n) is 9.86. The summed E-state index contributed by atoms with van der Waals surface area (Å²) < 4.78 is 5.16. The number of thiazole rings is 1. The molecule has 0 aliphatic rings. The first-order valence-electron chi connectivity index (χ1n) is 5.17. The first-order valence-corrected chi connectivity index (χ1v) is 6.42. The van der Waals surface area contributed by atoms with Crippen molar-refractivity contribution in [3.8, 4) is 5.75 Å². The summed E-state index contributed by atoms with van der Waals surface area (Å²) in [6.07, 6.45) is 0. The molecule has 18 heavy (non-hydrogen) atoms. The van der Waals surface area contributed by atoms with E-state index in [-0.39, 0.29) is 5.91 Å². The summed E-state index contributed by atoms with van der Waals surface area (Å²) in [4.78, 5) is 16.7. The Labute approximate surface area is 114 Å². The SMILES string of the molecule is COc1ccc(Cl)cc1NC(=O)c1scnc1C. The number of aryl methyl sites for hydroxylation is 1. The van der Waals surface area contributed by atoms with Crippen LogP contribution in [0.4, 0.5) is 5.69 Å². The summed E-state index contributed by atoms with van der Waals surface area (Å²) >= 11 is 7.19. The van der Waals surface area contributed by atoms with E-state index in [2.05, 4.69) is 10.3 Å². The second-order valence-electron chi connectivity index (χ2n) is 3.57. The second-order valence-corrected chi connectivity index (χ2v) is 4.86. The minimum atomic E-state index is -0.212. The average molecular weight is 283 g/mol. The van der Waals surface area contributed by atoms with Crippen molar-refractivity contribution >= 4 is 34.5 Å². The molecule has 1 amide bonds. The van der Waals surface area contributed by atoms with Gasteiger partial charge in [-0.1, -0.05) is 11.6 Å². The third-order valence-corrected chi connectivity index (χ3v) is 3.52. The molecule has 1 heterocycles. The van der Waals surface area contributed by atoms with Gasteiger partial charge in [0, 0.05) is 5.02 Å². The van der Waals surface area contributed by atoms with Crippen LogP contribution in [-0.4, -0.2) is 18.0 Å². The molecule has 0 aliphatic carbocycles. The van der Waals surface area contributed by atoms with Gasteiger partial charge in [0.25, 0.3) is 5.91 Å². The number of methoxy groups -OCH3 is 1. The predicted octanol–water partition coefficient (Wildman–Crippen LogP) is 3.37. The fourth-order valence-electron chi connectivity index (χ4n) is 1.48. The lowest BCUT2D eigenvalue weighted by molar-refractivity contribution is 0.102. The van der Waals surface area contributed by atoms with Gasteiger partial charge in [0.2, 0.25) is 0 Å². The summed E-state index contributed by atoms with van der Waals surface area (Å²) in [5.74, 6) is 0.352. The van der Waals surface area contributed by atoms with E-state index < -0.39 is 0 Å². The largest absolute Gasteiger partial charge is 0.495 e. The van der Waals surface area contributed by atoms with Crippen LogP contribution in [0.1, 0.15) is 15.4 Å².